The number of aromatic nitrogens is 8. The van der Waals surface area contributed by atoms with Crippen LogP contribution in [0.1, 0.15) is 219 Å². The lowest BCUT2D eigenvalue weighted by atomic mass is 9.90. The Bertz CT molecular complexity index is 6050. The van der Waals surface area contributed by atoms with Gasteiger partial charge in [-0.05, 0) is 267 Å². The number of nitro benzene ring substituents is 2. The molecule has 3 aliphatic heterocycles. The van der Waals surface area contributed by atoms with Crippen LogP contribution in [0.5, 0.6) is 0 Å². The van der Waals surface area contributed by atoms with Crippen LogP contribution in [0, 0.1) is 20.2 Å². The molecule has 0 radical (unpaired) electrons. The van der Waals surface area contributed by atoms with E-state index >= 15 is 0 Å². The molecule has 9 aliphatic rings. The fourth-order valence-electron chi connectivity index (χ4n) is 17.0. The van der Waals surface area contributed by atoms with Crippen LogP contribution in [0.15, 0.2) is 169 Å². The van der Waals surface area contributed by atoms with E-state index in [0.29, 0.717) is 53.1 Å². The molecule has 9 aromatic rings. The minimum absolute atomic E-state index is 0.0222. The summed E-state index contributed by atoms with van der Waals surface area (Å²) in [6.45, 7) is 5.21. The molecule has 0 bridgehead atoms. The molecule has 9 N–H and O–H groups in total. The average molecular weight is 1710 g/mol. The molecular formula is C93H99N15O18. The number of fused-ring (bicyclic) bond motifs is 4. The van der Waals surface area contributed by atoms with Gasteiger partial charge in [-0.3, -0.25) is 44.2 Å². The Balaban J connectivity index is 0.000000132. The van der Waals surface area contributed by atoms with Crippen LogP contribution in [0.2, 0.25) is 0 Å². The zero-order valence-corrected chi connectivity index (χ0v) is 70.3. The van der Waals surface area contributed by atoms with E-state index < -0.39 is 51.9 Å². The molecule has 6 aliphatic carbocycles. The standard InChI is InChI=1S/C21H26N4O4.C19H20N4O3.C15H15N3O3.C15H17N3O.C15H13NO4.C8H8O3/c1-3-29-20(27)13(2)22-21(28)23-15-8-6-7-14(11-15)12-18-16-9-4-5-10-17(16)19(26)25-24-18;1-11-18(25)23(19(26)20-11)13-6-4-5-12(9-13)10-16-14-7-2-3-8-15(14)17(24)22-21-16;19-15-13-7-2-1-6-12(13)14(16-17-15)9-10-4-3-5-11(8-10)18(20)21;16-11-5-3-4-10(8-11)9-14-12-6-1-2-7-13(12)15(19)18-17-14;17-15-13-7-2-1-6-12(13)14(20-15)9-10-4-3-5-11(8-10)16(18)19;9-7-5-3-1-2-4-6(5)8(10)11-7/h6-8,11,13H,3-5,9-10,12H2,1-2H3,(H,25,26)(H2,22,23,28);4-6,9,11H,2-3,7-8,10H2,1H3,(H,20,26)(H,22,24);3-5,8H,1-2,6-7,9H2,(H,17,19);3-5,8H,1-2,6-7,9,16H2,(H,18,19);3-5,8-9H,1-2,6-7H2;1-4H2/b;;;;14-9-;. The number of urea groups is 2. The highest BCUT2D eigenvalue weighted by Gasteiger charge is 2.38. The van der Waals surface area contributed by atoms with Crippen LogP contribution >= 0.6 is 0 Å². The molecular weight excluding hydrogens is 1620 g/mol. The van der Waals surface area contributed by atoms with Gasteiger partial charge in [0.25, 0.3) is 39.5 Å². The fourth-order valence-corrected chi connectivity index (χ4v) is 17.0. The summed E-state index contributed by atoms with van der Waals surface area (Å²) in [5.41, 5.74) is 26.3. The van der Waals surface area contributed by atoms with E-state index in [1.165, 1.54) is 23.1 Å². The number of esters is 4. The SMILES string of the molecule is CC1NC(=O)N(c2cccc(Cc3n[nH]c(=O)c4c3CCCC4)c2)C1=O.CCOC(=O)C(C)NC(=O)Nc1cccc(Cc2n[nH]c(=O)c3c2CCCC3)c1.Nc1cccc(Cc2n[nH]c(=O)c3c2CCCC3)c1.O=C1O/C(=C\c2cccc([N+](=O)[O-])c2)C2=C1CCCC2.O=C1OC(=O)C2=C1CCCC2.O=c1[nH]nc(Cc2cccc([N+](=O)[O-])c2)c2c1CCCC2. The van der Waals surface area contributed by atoms with E-state index in [2.05, 4.69) is 61.5 Å². The van der Waals surface area contributed by atoms with Crippen LogP contribution < -0.4 is 48.8 Å². The van der Waals surface area contributed by atoms with Crippen molar-refractivity contribution >= 4 is 76.4 Å². The molecule has 1 saturated heterocycles. The number of carbonyl (C=O) groups is 7. The Kier molecular flexibility index (Phi) is 29.6. The number of anilines is 3. The number of imide groups is 1. The van der Waals surface area contributed by atoms with Crippen LogP contribution in [-0.4, -0.2) is 111 Å². The molecule has 5 aromatic carbocycles. The number of nitrogens with one attached hydrogen (secondary N) is 7. The number of benzene rings is 5. The Labute approximate surface area is 723 Å². The van der Waals surface area contributed by atoms with Gasteiger partial charge in [-0.1, -0.05) is 60.7 Å². The molecule has 7 heterocycles. The maximum atomic E-state index is 12.2. The first-order valence-corrected chi connectivity index (χ1v) is 42.8. The van der Waals surface area contributed by atoms with Crippen molar-refractivity contribution in [1.29, 1.82) is 0 Å². The smallest absolute Gasteiger partial charge is 0.342 e. The van der Waals surface area contributed by atoms with Gasteiger partial charge < -0.3 is 35.9 Å². The highest BCUT2D eigenvalue weighted by Crippen LogP contribution is 2.39. The monoisotopic (exact) mass is 1710 g/mol. The summed E-state index contributed by atoms with van der Waals surface area (Å²) in [6.07, 6.45) is 26.4. The second-order valence-corrected chi connectivity index (χ2v) is 32.1. The van der Waals surface area contributed by atoms with E-state index in [1.807, 2.05) is 66.7 Å². The predicted molar refractivity (Wildman–Crippen MR) is 467 cm³/mol. The number of aromatic amines is 4. The molecule has 18 rings (SSSR count). The summed E-state index contributed by atoms with van der Waals surface area (Å²) in [4.78, 5) is 151. The molecule has 33 heteroatoms. The molecule has 654 valence electrons. The second kappa shape index (κ2) is 41.7. The lowest BCUT2D eigenvalue weighted by Crippen LogP contribution is -2.41. The van der Waals surface area contributed by atoms with Crippen LogP contribution in [0.25, 0.3) is 6.08 Å². The normalized spacial score (nSPS) is 16.8. The maximum Gasteiger partial charge on any atom is 0.342 e. The maximum absolute atomic E-state index is 12.2. The van der Waals surface area contributed by atoms with E-state index in [0.717, 1.165) is 267 Å². The Morgan fingerprint density at radius 1 is 0.492 bits per heavy atom. The highest BCUT2D eigenvalue weighted by molar-refractivity contribution is 6.21. The Hall–Kier alpha value is -14.3. The average Bonchev–Trinajstić information content (AvgIpc) is 1.82. The number of ether oxygens (including phenoxy) is 3. The lowest BCUT2D eigenvalue weighted by Gasteiger charge is -2.18. The van der Waals surface area contributed by atoms with Gasteiger partial charge in [0.2, 0.25) is 0 Å². The van der Waals surface area contributed by atoms with Crippen molar-refractivity contribution in [3.8, 4) is 0 Å². The van der Waals surface area contributed by atoms with Gasteiger partial charge in [0.1, 0.15) is 17.8 Å². The van der Waals surface area contributed by atoms with Gasteiger partial charge in [-0.25, -0.2) is 54.1 Å². The van der Waals surface area contributed by atoms with Gasteiger partial charge in [-0.2, -0.15) is 20.4 Å². The molecule has 0 saturated carbocycles. The van der Waals surface area contributed by atoms with Gasteiger partial charge >= 0.3 is 35.9 Å². The van der Waals surface area contributed by atoms with Crippen molar-refractivity contribution in [2.75, 3.05) is 22.6 Å². The second-order valence-electron chi connectivity index (χ2n) is 32.1. The van der Waals surface area contributed by atoms with Gasteiger partial charge in [0.15, 0.2) is 0 Å². The molecule has 2 unspecified atom stereocenters. The van der Waals surface area contributed by atoms with Gasteiger partial charge in [-0.15, -0.1) is 0 Å². The minimum Gasteiger partial charge on any atom is -0.464 e. The van der Waals surface area contributed by atoms with Crippen LogP contribution in [0.3, 0.4) is 0 Å². The number of rotatable bonds is 16. The van der Waals surface area contributed by atoms with Crippen LogP contribution in [0.4, 0.5) is 38.0 Å². The molecule has 4 aromatic heterocycles. The zero-order valence-electron chi connectivity index (χ0n) is 70.3. The first-order chi connectivity index (χ1) is 60.8. The number of hydrogen-bond donors (Lipinski definition) is 8. The Morgan fingerprint density at radius 3 is 1.32 bits per heavy atom. The summed E-state index contributed by atoms with van der Waals surface area (Å²) in [5, 5.41) is 56.8. The summed E-state index contributed by atoms with van der Waals surface area (Å²) in [6, 6.07) is 33.3. The van der Waals surface area contributed by atoms with Crippen molar-refractivity contribution in [2.45, 2.75) is 213 Å². The first kappa shape index (κ1) is 89.5. The highest BCUT2D eigenvalue weighted by atomic mass is 16.6. The van der Waals surface area contributed by atoms with Crippen molar-refractivity contribution in [3.63, 3.8) is 0 Å². The number of cyclic esters (lactones) is 3. The predicted octanol–water partition coefficient (Wildman–Crippen LogP) is 12.3. The van der Waals surface area contributed by atoms with E-state index in [-0.39, 0.29) is 52.1 Å². The van der Waals surface area contributed by atoms with Crippen molar-refractivity contribution in [1.82, 2.24) is 51.4 Å². The van der Waals surface area contributed by atoms with E-state index in [1.54, 1.807) is 63.2 Å². The van der Waals surface area contributed by atoms with E-state index in [4.69, 9.17) is 15.2 Å². The quantitative estimate of drug-likeness (QED) is 0.00847. The lowest BCUT2D eigenvalue weighted by molar-refractivity contribution is -0.385. The molecule has 126 heavy (non-hydrogen) atoms. The summed E-state index contributed by atoms with van der Waals surface area (Å²) in [5.74, 6) is -1.28. The molecule has 2 atom stereocenters. The summed E-state index contributed by atoms with van der Waals surface area (Å²) >= 11 is 0. The molecule has 33 nitrogen and oxygen atoms in total. The first-order valence-electron chi connectivity index (χ1n) is 42.8. The minimum atomic E-state index is -0.741. The van der Waals surface area contributed by atoms with E-state index in [9.17, 15) is 73.0 Å². The molecule has 5 amide bonds. The molecule has 1 fully saturated rings. The number of nitro groups is 2. The number of H-pyrrole nitrogens is 4. The zero-order chi connectivity index (χ0) is 89.1. The summed E-state index contributed by atoms with van der Waals surface area (Å²) in [7, 11) is 0. The topological polar surface area (TPSA) is 482 Å². The number of allylic oxidation sites excluding steroid dienone is 1. The number of nitrogens with two attached hydrogens (primary N) is 1. The number of hydrogen-bond acceptors (Lipinski definition) is 23. The van der Waals surface area contributed by atoms with Crippen molar-refractivity contribution in [2.24, 2.45) is 0 Å². The largest absolute Gasteiger partial charge is 0.464 e. The third-order valence-corrected chi connectivity index (χ3v) is 23.3. The third-order valence-electron chi connectivity index (χ3n) is 23.3. The van der Waals surface area contributed by atoms with Crippen molar-refractivity contribution in [3.05, 3.63) is 306 Å². The number of nitrogens with zero attached hydrogens (tertiary/aromatic N) is 7. The Morgan fingerprint density at radius 2 is 0.873 bits per heavy atom. The summed E-state index contributed by atoms with van der Waals surface area (Å²) < 4.78 is 14.6. The molecule has 0 spiro atoms. The third kappa shape index (κ3) is 22.4. The fraction of sp³-hybridized carbons (Fsp3) is 0.366. The van der Waals surface area contributed by atoms with Gasteiger partial charge in [0.05, 0.1) is 44.9 Å². The number of carbonyl (C=O) groups excluding carboxylic acids is 7. The number of amides is 5. The van der Waals surface area contributed by atoms with Gasteiger partial charge in [0, 0.05) is 106 Å². The number of nitrogen functional groups attached to an aromatic ring is 1. The van der Waals surface area contributed by atoms with Crippen LogP contribution in [-0.2, 0) is 115 Å². The number of non-ortho nitro benzene ring substituents is 2. The van der Waals surface area contributed by atoms with Crippen molar-refractivity contribution < 1.29 is 57.6 Å².